The zero-order valence-electron chi connectivity index (χ0n) is 26.0. The van der Waals surface area contributed by atoms with Crippen molar-refractivity contribution in [3.8, 4) is 0 Å². The first kappa shape index (κ1) is 38.1. The van der Waals surface area contributed by atoms with E-state index in [1.165, 1.54) is 109 Å². The van der Waals surface area contributed by atoms with E-state index in [1.807, 2.05) is 0 Å². The maximum Gasteiger partial charge on any atom is 0.249 e. The van der Waals surface area contributed by atoms with Gasteiger partial charge in [-0.05, 0) is 38.5 Å². The van der Waals surface area contributed by atoms with E-state index in [2.05, 4.69) is 31.3 Å². The highest BCUT2D eigenvalue weighted by Gasteiger charge is 2.23. The van der Waals surface area contributed by atoms with Crippen molar-refractivity contribution in [3.63, 3.8) is 0 Å². The summed E-state index contributed by atoms with van der Waals surface area (Å²) in [5.74, 6) is -0.489. The van der Waals surface area contributed by atoms with Gasteiger partial charge >= 0.3 is 0 Å². The van der Waals surface area contributed by atoms with Crippen LogP contribution in [0, 0.1) is 0 Å². The van der Waals surface area contributed by atoms with Crippen LogP contribution in [0.25, 0.3) is 0 Å². The summed E-state index contributed by atoms with van der Waals surface area (Å²) in [6, 6.07) is -0.714. The first-order chi connectivity index (χ1) is 19.1. The number of amides is 1. The molecule has 5 nitrogen and oxygen atoms in total. The minimum Gasteiger partial charge on any atom is -0.394 e. The highest BCUT2D eigenvalue weighted by Crippen LogP contribution is 2.14. The third kappa shape index (κ3) is 25.8. The van der Waals surface area contributed by atoms with Gasteiger partial charge in [0.05, 0.1) is 18.8 Å². The van der Waals surface area contributed by atoms with Gasteiger partial charge in [0.1, 0.15) is 6.10 Å². The Bertz CT molecular complexity index is 539. The number of carbonyl (C=O) groups is 1. The lowest BCUT2D eigenvalue weighted by Crippen LogP contribution is -2.49. The molecule has 0 aromatic heterocycles. The molecule has 0 fully saturated rings. The van der Waals surface area contributed by atoms with Crippen LogP contribution < -0.4 is 5.32 Å². The molecule has 5 heteroatoms. The van der Waals surface area contributed by atoms with Gasteiger partial charge in [-0.3, -0.25) is 4.79 Å². The largest absolute Gasteiger partial charge is 0.394 e. The number of hydrogen-bond donors (Lipinski definition) is 4. The minimum absolute atomic E-state index is 0.318. The second kappa shape index (κ2) is 30.1. The van der Waals surface area contributed by atoms with Gasteiger partial charge in [0.25, 0.3) is 0 Å². The number of carbonyl (C=O) groups excluding carboxylic acids is 1. The Balaban J connectivity index is 3.75. The van der Waals surface area contributed by atoms with Crippen LogP contribution >= 0.6 is 0 Å². The second-order valence-electron chi connectivity index (χ2n) is 11.7. The predicted molar refractivity (Wildman–Crippen MR) is 167 cm³/mol. The highest BCUT2D eigenvalue weighted by molar-refractivity contribution is 5.80. The molecular formula is C34H67NO4. The van der Waals surface area contributed by atoms with Crippen molar-refractivity contribution >= 4 is 5.91 Å². The lowest BCUT2D eigenvalue weighted by atomic mass is 10.0. The maximum absolute atomic E-state index is 12.3. The Kier molecular flexibility index (Phi) is 29.4. The van der Waals surface area contributed by atoms with Gasteiger partial charge in [0, 0.05) is 0 Å². The van der Waals surface area contributed by atoms with Gasteiger partial charge in [0.2, 0.25) is 5.91 Å². The number of aliphatic hydroxyl groups is 3. The molecule has 0 saturated carbocycles. The van der Waals surface area contributed by atoms with Crippen molar-refractivity contribution < 1.29 is 20.1 Å². The third-order valence-electron chi connectivity index (χ3n) is 7.88. The smallest absolute Gasteiger partial charge is 0.249 e. The summed E-state index contributed by atoms with van der Waals surface area (Å²) < 4.78 is 0. The number of aliphatic hydroxyl groups excluding tert-OH is 3. The number of hydrogen-bond acceptors (Lipinski definition) is 4. The van der Waals surface area contributed by atoms with Crippen LogP contribution in [0.1, 0.15) is 174 Å². The molecule has 0 aliphatic rings. The summed E-state index contributed by atoms with van der Waals surface area (Å²) in [6.07, 6.45) is 31.9. The average Bonchev–Trinajstić information content (AvgIpc) is 2.94. The molecule has 0 saturated heterocycles. The summed E-state index contributed by atoms with van der Waals surface area (Å²) in [7, 11) is 0. The summed E-state index contributed by atoms with van der Waals surface area (Å²) >= 11 is 0. The molecule has 0 spiro atoms. The van der Waals surface area contributed by atoms with Crippen LogP contribution in [-0.2, 0) is 4.79 Å². The molecule has 0 rings (SSSR count). The maximum atomic E-state index is 12.3. The van der Waals surface area contributed by atoms with E-state index in [0.717, 1.165) is 38.5 Å². The number of rotatable bonds is 30. The van der Waals surface area contributed by atoms with Gasteiger partial charge < -0.3 is 20.6 Å². The van der Waals surface area contributed by atoms with E-state index in [-0.39, 0.29) is 6.61 Å². The Morgan fingerprint density at radius 3 is 1.44 bits per heavy atom. The van der Waals surface area contributed by atoms with Gasteiger partial charge in [-0.25, -0.2) is 0 Å². The van der Waals surface area contributed by atoms with Crippen LogP contribution in [0.4, 0.5) is 0 Å². The molecule has 0 aliphatic carbocycles. The first-order valence-corrected chi connectivity index (χ1v) is 17.0. The van der Waals surface area contributed by atoms with E-state index in [4.69, 9.17) is 0 Å². The fourth-order valence-electron chi connectivity index (χ4n) is 5.12. The molecule has 0 aromatic carbocycles. The molecule has 232 valence electrons. The van der Waals surface area contributed by atoms with Gasteiger partial charge in [-0.1, -0.05) is 148 Å². The standard InChI is InChI=1S/C34H67NO4/c1-3-5-7-9-11-13-15-17-19-20-22-24-26-28-32(37)31(30-36)35-34(39)33(38)29-27-25-23-21-18-16-14-12-10-8-6-4-2/h18,21,31-33,36-38H,3-17,19-20,22-30H2,1-2H3,(H,35,39)/b21-18-. The molecule has 0 heterocycles. The normalized spacial score (nSPS) is 14.1. The van der Waals surface area contributed by atoms with Crippen LogP contribution in [0.3, 0.4) is 0 Å². The third-order valence-corrected chi connectivity index (χ3v) is 7.88. The first-order valence-electron chi connectivity index (χ1n) is 17.0. The predicted octanol–water partition coefficient (Wildman–Crippen LogP) is 8.53. The Labute approximate surface area is 242 Å². The molecule has 0 aliphatic heterocycles. The monoisotopic (exact) mass is 554 g/mol. The van der Waals surface area contributed by atoms with Gasteiger partial charge in [-0.15, -0.1) is 0 Å². The van der Waals surface area contributed by atoms with Crippen LogP contribution in [0.5, 0.6) is 0 Å². The fraction of sp³-hybridized carbons (Fsp3) is 0.912. The number of nitrogens with one attached hydrogen (secondary N) is 1. The molecule has 0 bridgehead atoms. The average molecular weight is 554 g/mol. The van der Waals surface area contributed by atoms with E-state index in [1.54, 1.807) is 0 Å². The summed E-state index contributed by atoms with van der Waals surface area (Å²) in [4.78, 5) is 12.3. The molecule has 4 N–H and O–H groups in total. The number of allylic oxidation sites excluding steroid dienone is 2. The molecule has 3 atom stereocenters. The molecule has 1 amide bonds. The van der Waals surface area contributed by atoms with Crippen LogP contribution in [-0.4, -0.2) is 46.1 Å². The van der Waals surface area contributed by atoms with Crippen molar-refractivity contribution in [2.45, 2.75) is 193 Å². The van der Waals surface area contributed by atoms with Crippen LogP contribution in [0.2, 0.25) is 0 Å². The Morgan fingerprint density at radius 2 is 0.974 bits per heavy atom. The van der Waals surface area contributed by atoms with Crippen molar-refractivity contribution in [2.75, 3.05) is 6.61 Å². The summed E-state index contributed by atoms with van der Waals surface area (Å²) in [6.45, 7) is 4.18. The Hall–Kier alpha value is -0.910. The summed E-state index contributed by atoms with van der Waals surface area (Å²) in [5.41, 5.74) is 0. The SMILES string of the molecule is CCCCCCCC/C=C\CCCCC(O)C(=O)NC(CO)C(O)CCCCCCCCCCCCCCC. The summed E-state index contributed by atoms with van der Waals surface area (Å²) in [5, 5.41) is 33.0. The molecule has 0 aromatic rings. The van der Waals surface area contributed by atoms with Crippen molar-refractivity contribution in [1.29, 1.82) is 0 Å². The molecule has 3 unspecified atom stereocenters. The lowest BCUT2D eigenvalue weighted by Gasteiger charge is -2.23. The molecule has 39 heavy (non-hydrogen) atoms. The van der Waals surface area contributed by atoms with E-state index in [0.29, 0.717) is 12.8 Å². The van der Waals surface area contributed by atoms with E-state index >= 15 is 0 Å². The Morgan fingerprint density at radius 1 is 0.590 bits per heavy atom. The zero-order chi connectivity index (χ0) is 28.8. The van der Waals surface area contributed by atoms with Gasteiger partial charge in [0.15, 0.2) is 0 Å². The number of unbranched alkanes of at least 4 members (excludes halogenated alkanes) is 20. The van der Waals surface area contributed by atoms with Crippen molar-refractivity contribution in [2.24, 2.45) is 0 Å². The lowest BCUT2D eigenvalue weighted by molar-refractivity contribution is -0.131. The van der Waals surface area contributed by atoms with Crippen LogP contribution in [0.15, 0.2) is 12.2 Å². The quantitative estimate of drug-likeness (QED) is 0.0530. The van der Waals surface area contributed by atoms with Crippen molar-refractivity contribution in [3.05, 3.63) is 12.2 Å². The van der Waals surface area contributed by atoms with E-state index < -0.39 is 24.2 Å². The minimum atomic E-state index is -1.09. The zero-order valence-corrected chi connectivity index (χ0v) is 26.0. The molecular weight excluding hydrogens is 486 g/mol. The van der Waals surface area contributed by atoms with Crippen molar-refractivity contribution in [1.82, 2.24) is 5.32 Å². The second-order valence-corrected chi connectivity index (χ2v) is 11.7. The van der Waals surface area contributed by atoms with E-state index in [9.17, 15) is 20.1 Å². The highest BCUT2D eigenvalue weighted by atomic mass is 16.3. The topological polar surface area (TPSA) is 89.8 Å². The molecule has 0 radical (unpaired) electrons. The van der Waals surface area contributed by atoms with Gasteiger partial charge in [-0.2, -0.15) is 0 Å². The fourth-order valence-corrected chi connectivity index (χ4v) is 5.12.